The molecule has 0 aliphatic heterocycles. The maximum absolute atomic E-state index is 11.8. The van der Waals surface area contributed by atoms with Crippen molar-refractivity contribution in [2.45, 2.75) is 38.2 Å². The van der Waals surface area contributed by atoms with Crippen LogP contribution >= 0.6 is 11.8 Å². The molecular formula is C15H22O2S. The van der Waals surface area contributed by atoms with E-state index >= 15 is 0 Å². The molecule has 0 radical (unpaired) electrons. The molecule has 0 aliphatic rings. The van der Waals surface area contributed by atoms with Gasteiger partial charge in [-0.15, -0.1) is 11.8 Å². The van der Waals surface area contributed by atoms with Crippen molar-refractivity contribution in [2.75, 3.05) is 12.4 Å². The van der Waals surface area contributed by atoms with Gasteiger partial charge in [-0.25, -0.2) is 0 Å². The summed E-state index contributed by atoms with van der Waals surface area (Å²) in [5, 5.41) is 0. The van der Waals surface area contributed by atoms with E-state index in [0.717, 1.165) is 5.75 Å². The van der Waals surface area contributed by atoms with E-state index in [1.165, 1.54) is 4.90 Å². The normalized spacial score (nSPS) is 14.2. The van der Waals surface area contributed by atoms with Crippen molar-refractivity contribution in [3.05, 3.63) is 30.3 Å². The summed E-state index contributed by atoms with van der Waals surface area (Å²) in [6.45, 7) is 6.51. The Balaban J connectivity index is 2.55. The number of thioether (sulfide) groups is 1. The highest BCUT2D eigenvalue weighted by Crippen LogP contribution is 2.22. The second-order valence-corrected chi connectivity index (χ2v) is 5.32. The summed E-state index contributed by atoms with van der Waals surface area (Å²) in [4.78, 5) is 13.0. The van der Waals surface area contributed by atoms with Crippen LogP contribution in [0.15, 0.2) is 35.2 Å². The average molecular weight is 266 g/mol. The number of hydrogen-bond donors (Lipinski definition) is 0. The number of ketones is 1. The van der Waals surface area contributed by atoms with Gasteiger partial charge in [0.2, 0.25) is 0 Å². The SMILES string of the molecule is CCO[C@H](CSc1ccccc1)[C@H](C)C(=O)CC. The molecule has 0 bridgehead atoms. The molecule has 0 amide bonds. The van der Waals surface area contributed by atoms with Gasteiger partial charge in [0.1, 0.15) is 5.78 Å². The van der Waals surface area contributed by atoms with Crippen LogP contribution in [-0.2, 0) is 9.53 Å². The second kappa shape index (κ2) is 8.33. The first kappa shape index (κ1) is 15.3. The van der Waals surface area contributed by atoms with Crippen LogP contribution in [0.4, 0.5) is 0 Å². The summed E-state index contributed by atoms with van der Waals surface area (Å²) in [6, 6.07) is 10.2. The number of carbonyl (C=O) groups excluding carboxylic acids is 1. The topological polar surface area (TPSA) is 26.3 Å². The first-order valence-corrected chi connectivity index (χ1v) is 7.49. The molecular weight excluding hydrogens is 244 g/mol. The molecule has 0 N–H and O–H groups in total. The largest absolute Gasteiger partial charge is 0.377 e. The van der Waals surface area contributed by atoms with Gasteiger partial charge in [0, 0.05) is 29.6 Å². The Bertz CT molecular complexity index is 351. The van der Waals surface area contributed by atoms with Gasteiger partial charge >= 0.3 is 0 Å². The Morgan fingerprint density at radius 1 is 1.28 bits per heavy atom. The van der Waals surface area contributed by atoms with Gasteiger partial charge in [-0.05, 0) is 19.1 Å². The van der Waals surface area contributed by atoms with E-state index in [1.807, 2.05) is 39.0 Å². The Hall–Kier alpha value is -0.800. The summed E-state index contributed by atoms with van der Waals surface area (Å²) >= 11 is 1.75. The van der Waals surface area contributed by atoms with Crippen molar-refractivity contribution in [1.82, 2.24) is 0 Å². The fourth-order valence-electron chi connectivity index (χ4n) is 1.78. The lowest BCUT2D eigenvalue weighted by Crippen LogP contribution is -2.30. The zero-order chi connectivity index (χ0) is 13.4. The highest BCUT2D eigenvalue weighted by atomic mass is 32.2. The van der Waals surface area contributed by atoms with E-state index in [0.29, 0.717) is 13.0 Å². The molecule has 1 rings (SSSR count). The molecule has 100 valence electrons. The Labute approximate surface area is 114 Å². The minimum absolute atomic E-state index is 0.00709. The summed E-state index contributed by atoms with van der Waals surface area (Å²) in [5.41, 5.74) is 0. The van der Waals surface area contributed by atoms with Crippen molar-refractivity contribution in [3.8, 4) is 0 Å². The lowest BCUT2D eigenvalue weighted by atomic mass is 9.99. The number of hydrogen-bond acceptors (Lipinski definition) is 3. The molecule has 0 fully saturated rings. The van der Waals surface area contributed by atoms with Gasteiger partial charge in [-0.2, -0.15) is 0 Å². The van der Waals surface area contributed by atoms with Gasteiger partial charge < -0.3 is 4.74 Å². The molecule has 0 unspecified atom stereocenters. The maximum Gasteiger partial charge on any atom is 0.138 e. The molecule has 3 heteroatoms. The van der Waals surface area contributed by atoms with Crippen LogP contribution in [0.3, 0.4) is 0 Å². The van der Waals surface area contributed by atoms with Gasteiger partial charge in [0.25, 0.3) is 0 Å². The number of benzene rings is 1. The zero-order valence-electron chi connectivity index (χ0n) is 11.4. The molecule has 0 spiro atoms. The number of ether oxygens (including phenoxy) is 1. The van der Waals surface area contributed by atoms with E-state index < -0.39 is 0 Å². The maximum atomic E-state index is 11.8. The van der Waals surface area contributed by atoms with Crippen molar-refractivity contribution in [2.24, 2.45) is 5.92 Å². The van der Waals surface area contributed by atoms with Crippen LogP contribution in [-0.4, -0.2) is 24.2 Å². The third-order valence-electron chi connectivity index (χ3n) is 2.95. The smallest absolute Gasteiger partial charge is 0.138 e. The second-order valence-electron chi connectivity index (χ2n) is 4.23. The monoisotopic (exact) mass is 266 g/mol. The van der Waals surface area contributed by atoms with Crippen LogP contribution in [0.5, 0.6) is 0 Å². The van der Waals surface area contributed by atoms with Gasteiger partial charge in [0.05, 0.1) is 6.10 Å². The van der Waals surface area contributed by atoms with Crippen LogP contribution in [0.25, 0.3) is 0 Å². The minimum Gasteiger partial charge on any atom is -0.377 e. The van der Waals surface area contributed by atoms with E-state index in [9.17, 15) is 4.79 Å². The van der Waals surface area contributed by atoms with E-state index in [4.69, 9.17) is 4.74 Å². The van der Waals surface area contributed by atoms with Crippen molar-refractivity contribution >= 4 is 17.5 Å². The molecule has 1 aromatic rings. The summed E-state index contributed by atoms with van der Waals surface area (Å²) < 4.78 is 5.71. The molecule has 2 atom stereocenters. The van der Waals surface area contributed by atoms with Crippen molar-refractivity contribution in [1.29, 1.82) is 0 Å². The summed E-state index contributed by atoms with van der Waals surface area (Å²) in [7, 11) is 0. The molecule has 18 heavy (non-hydrogen) atoms. The van der Waals surface area contributed by atoms with Crippen molar-refractivity contribution in [3.63, 3.8) is 0 Å². The van der Waals surface area contributed by atoms with E-state index in [1.54, 1.807) is 11.8 Å². The predicted molar refractivity (Wildman–Crippen MR) is 77.0 cm³/mol. The van der Waals surface area contributed by atoms with Gasteiger partial charge in [-0.1, -0.05) is 32.0 Å². The predicted octanol–water partition coefficient (Wildman–Crippen LogP) is 3.80. The highest BCUT2D eigenvalue weighted by molar-refractivity contribution is 7.99. The molecule has 0 aliphatic carbocycles. The third-order valence-corrected chi connectivity index (χ3v) is 4.05. The molecule has 0 heterocycles. The molecule has 0 aromatic heterocycles. The molecule has 0 saturated carbocycles. The highest BCUT2D eigenvalue weighted by Gasteiger charge is 2.23. The van der Waals surface area contributed by atoms with Crippen LogP contribution < -0.4 is 0 Å². The fraction of sp³-hybridized carbons (Fsp3) is 0.533. The summed E-state index contributed by atoms with van der Waals surface area (Å²) in [6.07, 6.45) is 0.591. The first-order valence-electron chi connectivity index (χ1n) is 6.51. The van der Waals surface area contributed by atoms with E-state index in [-0.39, 0.29) is 17.8 Å². The molecule has 2 nitrogen and oxygen atoms in total. The molecule has 1 aromatic carbocycles. The van der Waals surface area contributed by atoms with Crippen LogP contribution in [0.2, 0.25) is 0 Å². The lowest BCUT2D eigenvalue weighted by Gasteiger charge is -2.22. The zero-order valence-corrected chi connectivity index (χ0v) is 12.2. The number of Topliss-reactive ketones (excluding diaryl/α,β-unsaturated/α-hetero) is 1. The van der Waals surface area contributed by atoms with Gasteiger partial charge in [0.15, 0.2) is 0 Å². The Morgan fingerprint density at radius 3 is 2.50 bits per heavy atom. The summed E-state index contributed by atoms with van der Waals surface area (Å²) in [5.74, 6) is 1.08. The number of carbonyl (C=O) groups is 1. The first-order chi connectivity index (χ1) is 8.69. The van der Waals surface area contributed by atoms with Crippen molar-refractivity contribution < 1.29 is 9.53 Å². The van der Waals surface area contributed by atoms with Crippen LogP contribution in [0.1, 0.15) is 27.2 Å². The third kappa shape index (κ3) is 4.83. The lowest BCUT2D eigenvalue weighted by molar-refractivity contribution is -0.126. The number of rotatable bonds is 8. The molecule has 0 saturated heterocycles. The van der Waals surface area contributed by atoms with Crippen LogP contribution in [0, 0.1) is 5.92 Å². The average Bonchev–Trinajstić information content (AvgIpc) is 2.43. The van der Waals surface area contributed by atoms with Gasteiger partial charge in [-0.3, -0.25) is 4.79 Å². The quantitative estimate of drug-likeness (QED) is 0.669. The minimum atomic E-state index is -0.0221. The fourth-order valence-corrected chi connectivity index (χ4v) is 2.87. The Kier molecular flexibility index (Phi) is 7.06. The Morgan fingerprint density at radius 2 is 1.94 bits per heavy atom. The van der Waals surface area contributed by atoms with E-state index in [2.05, 4.69) is 12.1 Å². The standard InChI is InChI=1S/C15H22O2S/c1-4-14(16)12(3)15(17-5-2)11-18-13-9-7-6-8-10-13/h6-10,12,15H,4-5,11H2,1-3H3/t12-,15-/m1/s1.